The van der Waals surface area contributed by atoms with Gasteiger partial charge in [0.25, 0.3) is 5.89 Å². The molecule has 172 valence electrons. The summed E-state index contributed by atoms with van der Waals surface area (Å²) in [6.45, 7) is 2.29. The van der Waals surface area contributed by atoms with Crippen LogP contribution in [0.5, 0.6) is 5.75 Å². The number of nitrogens with zero attached hydrogens (tertiary/aromatic N) is 3. The Morgan fingerprint density at radius 2 is 2.00 bits per heavy atom. The van der Waals surface area contributed by atoms with E-state index in [1.165, 1.54) is 12.1 Å². The highest BCUT2D eigenvalue weighted by atomic mass is 32.1. The van der Waals surface area contributed by atoms with Crippen molar-refractivity contribution in [2.24, 2.45) is 0 Å². The van der Waals surface area contributed by atoms with Crippen molar-refractivity contribution in [2.75, 3.05) is 7.11 Å². The summed E-state index contributed by atoms with van der Waals surface area (Å²) in [4.78, 5) is 20.5. The third kappa shape index (κ3) is 4.17. The van der Waals surface area contributed by atoms with E-state index in [9.17, 15) is 9.18 Å². The highest BCUT2D eigenvalue weighted by Gasteiger charge is 2.36. The molecule has 5 rings (SSSR count). The minimum atomic E-state index is -0.524. The zero-order chi connectivity index (χ0) is 23.7. The molecule has 1 aliphatic rings. The van der Waals surface area contributed by atoms with Gasteiger partial charge in [-0.3, -0.25) is 4.90 Å². The van der Waals surface area contributed by atoms with Crippen LogP contribution in [0.2, 0.25) is 0 Å². The fourth-order valence-corrected chi connectivity index (χ4v) is 4.62. The van der Waals surface area contributed by atoms with Crippen LogP contribution in [0.1, 0.15) is 29.3 Å². The van der Waals surface area contributed by atoms with Crippen molar-refractivity contribution in [3.63, 3.8) is 0 Å². The number of carbonyl (C=O) groups is 1. The maximum Gasteiger partial charge on any atom is 0.322 e. The Balaban J connectivity index is 1.60. The van der Waals surface area contributed by atoms with E-state index in [0.29, 0.717) is 35.0 Å². The molecular formula is C25H21FN4O3S. The molecule has 0 aliphatic carbocycles. The summed E-state index contributed by atoms with van der Waals surface area (Å²) in [5, 5.41) is 9.17. The second kappa shape index (κ2) is 9.11. The number of ether oxygens (including phenoxy) is 1. The van der Waals surface area contributed by atoms with Crippen molar-refractivity contribution in [1.82, 2.24) is 20.4 Å². The van der Waals surface area contributed by atoms with Gasteiger partial charge >= 0.3 is 6.03 Å². The van der Waals surface area contributed by atoms with E-state index in [2.05, 4.69) is 15.5 Å². The summed E-state index contributed by atoms with van der Waals surface area (Å²) >= 11 is 1.58. The largest absolute Gasteiger partial charge is 0.497 e. The maximum absolute atomic E-state index is 13.4. The molecule has 9 heteroatoms. The predicted octanol–water partition coefficient (Wildman–Crippen LogP) is 5.64. The van der Waals surface area contributed by atoms with Gasteiger partial charge in [-0.15, -0.1) is 11.3 Å². The molecule has 1 unspecified atom stereocenters. The van der Waals surface area contributed by atoms with Gasteiger partial charge in [-0.05, 0) is 60.3 Å². The number of nitrogens with one attached hydrogen (secondary N) is 1. The second-order valence-electron chi connectivity index (χ2n) is 7.75. The first-order valence-corrected chi connectivity index (χ1v) is 11.5. The van der Waals surface area contributed by atoms with Crippen LogP contribution >= 0.6 is 11.3 Å². The van der Waals surface area contributed by atoms with E-state index in [4.69, 9.17) is 9.26 Å². The first kappa shape index (κ1) is 21.8. The fraction of sp³-hybridized carbons (Fsp3) is 0.160. The van der Waals surface area contributed by atoms with Gasteiger partial charge in [0.15, 0.2) is 0 Å². The Kier molecular flexibility index (Phi) is 5.85. The number of amides is 2. The van der Waals surface area contributed by atoms with Crippen molar-refractivity contribution in [1.29, 1.82) is 0 Å². The lowest BCUT2D eigenvalue weighted by Gasteiger charge is -2.35. The number of carbonyl (C=O) groups excluding carboxylic acids is 1. The maximum atomic E-state index is 13.4. The van der Waals surface area contributed by atoms with Crippen LogP contribution in [-0.4, -0.2) is 28.2 Å². The molecule has 7 nitrogen and oxygen atoms in total. The van der Waals surface area contributed by atoms with Crippen LogP contribution < -0.4 is 10.1 Å². The van der Waals surface area contributed by atoms with Crippen molar-refractivity contribution < 1.29 is 18.4 Å². The zero-order valence-electron chi connectivity index (χ0n) is 18.5. The average molecular weight is 477 g/mol. The lowest BCUT2D eigenvalue weighted by Crippen LogP contribution is -2.45. The number of aromatic nitrogens is 2. The van der Waals surface area contributed by atoms with Crippen molar-refractivity contribution in [3.05, 3.63) is 93.9 Å². The summed E-state index contributed by atoms with van der Waals surface area (Å²) < 4.78 is 24.4. The molecule has 0 saturated heterocycles. The first-order chi connectivity index (χ1) is 16.5. The van der Waals surface area contributed by atoms with E-state index in [0.717, 1.165) is 10.4 Å². The first-order valence-electron chi connectivity index (χ1n) is 10.6. The van der Waals surface area contributed by atoms with Crippen molar-refractivity contribution in [2.45, 2.75) is 19.5 Å². The van der Waals surface area contributed by atoms with Crippen LogP contribution in [-0.2, 0) is 6.54 Å². The Hall–Kier alpha value is -3.98. The van der Waals surface area contributed by atoms with Crippen LogP contribution in [0, 0.1) is 5.82 Å². The average Bonchev–Trinajstić information content (AvgIpc) is 3.54. The number of halogens is 1. The van der Waals surface area contributed by atoms with Crippen LogP contribution in [0.15, 0.2) is 76.3 Å². The third-order valence-electron chi connectivity index (χ3n) is 5.68. The van der Waals surface area contributed by atoms with Crippen molar-refractivity contribution in [3.8, 4) is 17.1 Å². The number of allylic oxidation sites excluding steroid dienone is 1. The molecule has 0 spiro atoms. The van der Waals surface area contributed by atoms with Gasteiger partial charge in [0.1, 0.15) is 11.6 Å². The summed E-state index contributed by atoms with van der Waals surface area (Å²) in [5.41, 5.74) is 2.84. The molecule has 0 saturated carbocycles. The number of hydrogen-bond acceptors (Lipinski definition) is 6. The molecule has 1 atom stereocenters. The van der Waals surface area contributed by atoms with E-state index in [1.807, 2.05) is 48.7 Å². The van der Waals surface area contributed by atoms with Gasteiger partial charge in [-0.2, -0.15) is 4.98 Å². The molecule has 1 N–H and O–H groups in total. The monoisotopic (exact) mass is 476 g/mol. The SMILES string of the molecule is COc1cccc(C2NC(=O)N(Cc3cccs3)C(C)=C2c2nc(-c3ccc(F)cc3)no2)c1. The van der Waals surface area contributed by atoms with Crippen LogP contribution in [0.4, 0.5) is 9.18 Å². The Bertz CT molecular complexity index is 1350. The van der Waals surface area contributed by atoms with Gasteiger partial charge in [0.2, 0.25) is 5.82 Å². The number of hydrogen-bond donors (Lipinski definition) is 1. The van der Waals surface area contributed by atoms with Gasteiger partial charge in [-0.1, -0.05) is 23.4 Å². The molecule has 0 fully saturated rings. The quantitative estimate of drug-likeness (QED) is 0.389. The fourth-order valence-electron chi connectivity index (χ4n) is 3.93. The van der Waals surface area contributed by atoms with Crippen molar-refractivity contribution >= 4 is 22.9 Å². The summed E-state index contributed by atoms with van der Waals surface area (Å²) in [6, 6.07) is 16.5. The molecule has 4 aromatic rings. The molecule has 2 amide bonds. The number of urea groups is 1. The van der Waals surface area contributed by atoms with Gasteiger partial charge < -0.3 is 14.6 Å². The smallest absolute Gasteiger partial charge is 0.322 e. The molecule has 0 bridgehead atoms. The number of benzene rings is 2. The molecular weight excluding hydrogens is 455 g/mol. The van der Waals surface area contributed by atoms with E-state index < -0.39 is 6.04 Å². The zero-order valence-corrected chi connectivity index (χ0v) is 19.3. The van der Waals surface area contributed by atoms with Gasteiger partial charge in [0, 0.05) is 16.1 Å². The predicted molar refractivity (Wildman–Crippen MR) is 126 cm³/mol. The molecule has 3 heterocycles. The Morgan fingerprint density at radius 1 is 1.18 bits per heavy atom. The van der Waals surface area contributed by atoms with Crippen LogP contribution in [0.3, 0.4) is 0 Å². The van der Waals surface area contributed by atoms with Gasteiger partial charge in [0.05, 0.1) is 25.3 Å². The summed E-state index contributed by atoms with van der Waals surface area (Å²) in [6.07, 6.45) is 0. The Labute approximate surface area is 199 Å². The van der Waals surface area contributed by atoms with E-state index in [1.54, 1.807) is 35.5 Å². The molecule has 0 radical (unpaired) electrons. The summed E-state index contributed by atoms with van der Waals surface area (Å²) in [7, 11) is 1.59. The normalized spacial score (nSPS) is 16.0. The molecule has 2 aromatic carbocycles. The standard InChI is InChI=1S/C25H21FN4O3S/c1-15-21(24-28-23(29-33-24)16-8-10-18(26)11-9-16)22(17-5-3-6-19(13-17)32-2)27-25(31)30(15)14-20-7-4-12-34-20/h3-13,22H,14H2,1-2H3,(H,27,31). The van der Waals surface area contributed by atoms with Crippen LogP contribution in [0.25, 0.3) is 17.0 Å². The molecule has 1 aliphatic heterocycles. The number of thiophene rings is 1. The minimum absolute atomic E-state index is 0.222. The minimum Gasteiger partial charge on any atom is -0.497 e. The summed E-state index contributed by atoms with van der Waals surface area (Å²) in [5.74, 6) is 0.938. The lowest BCUT2D eigenvalue weighted by atomic mass is 9.94. The number of methoxy groups -OCH3 is 1. The Morgan fingerprint density at radius 3 is 2.74 bits per heavy atom. The topological polar surface area (TPSA) is 80.5 Å². The van der Waals surface area contributed by atoms with Gasteiger partial charge in [-0.25, -0.2) is 9.18 Å². The van der Waals surface area contributed by atoms with E-state index >= 15 is 0 Å². The molecule has 2 aromatic heterocycles. The lowest BCUT2D eigenvalue weighted by molar-refractivity contribution is 0.203. The van der Waals surface area contributed by atoms with E-state index in [-0.39, 0.29) is 17.7 Å². The second-order valence-corrected chi connectivity index (χ2v) is 8.79. The highest BCUT2D eigenvalue weighted by Crippen LogP contribution is 2.38. The molecule has 34 heavy (non-hydrogen) atoms. The third-order valence-corrected chi connectivity index (χ3v) is 6.54. The number of rotatable bonds is 6. The highest BCUT2D eigenvalue weighted by molar-refractivity contribution is 7.09.